The summed E-state index contributed by atoms with van der Waals surface area (Å²) in [5.74, 6) is -1.38. The molecule has 176 valence electrons. The lowest BCUT2D eigenvalue weighted by atomic mass is 9.84. The van der Waals surface area contributed by atoms with Crippen molar-refractivity contribution < 1.29 is 23.8 Å². The number of carboxylic acid groups (broad SMARTS) is 1. The van der Waals surface area contributed by atoms with E-state index in [1.165, 1.54) is 12.1 Å². The minimum absolute atomic E-state index is 0.127. The number of carboxylic acids is 1. The highest BCUT2D eigenvalue weighted by atomic mass is 19.1. The molecule has 0 spiro atoms. The SMILES string of the molecule is Cc1cc(-c2ccc([C@H](C)N3CC[C@@](CCC(=O)O)(c4ccc(F)cc4)OC3=O)cc2)ccn1. The molecule has 34 heavy (non-hydrogen) atoms. The molecule has 1 amide bonds. The summed E-state index contributed by atoms with van der Waals surface area (Å²) >= 11 is 0. The molecular formula is C27H27FN2O4. The van der Waals surface area contributed by atoms with E-state index >= 15 is 0 Å². The first kappa shape index (κ1) is 23.4. The number of halogens is 1. The number of carbonyl (C=O) groups is 2. The number of benzene rings is 2. The van der Waals surface area contributed by atoms with Crippen molar-refractivity contribution in [3.63, 3.8) is 0 Å². The van der Waals surface area contributed by atoms with Gasteiger partial charge < -0.3 is 14.7 Å². The number of aliphatic carboxylic acids is 1. The number of aromatic nitrogens is 1. The third kappa shape index (κ3) is 4.93. The van der Waals surface area contributed by atoms with Crippen molar-refractivity contribution in [1.82, 2.24) is 9.88 Å². The van der Waals surface area contributed by atoms with E-state index in [0.717, 1.165) is 22.4 Å². The summed E-state index contributed by atoms with van der Waals surface area (Å²) in [7, 11) is 0. The molecule has 0 saturated carbocycles. The maximum atomic E-state index is 13.5. The number of nitrogens with zero attached hydrogens (tertiary/aromatic N) is 2. The van der Waals surface area contributed by atoms with Crippen LogP contribution in [0.5, 0.6) is 0 Å². The van der Waals surface area contributed by atoms with E-state index in [2.05, 4.69) is 4.98 Å². The second kappa shape index (κ2) is 9.63. The van der Waals surface area contributed by atoms with Gasteiger partial charge in [0.05, 0.1) is 6.04 Å². The van der Waals surface area contributed by atoms with Crippen LogP contribution in [0, 0.1) is 12.7 Å². The van der Waals surface area contributed by atoms with Gasteiger partial charge >= 0.3 is 12.1 Å². The number of pyridine rings is 1. The molecule has 0 aliphatic carbocycles. The zero-order valence-corrected chi connectivity index (χ0v) is 19.2. The predicted molar refractivity (Wildman–Crippen MR) is 126 cm³/mol. The molecule has 1 aromatic heterocycles. The lowest BCUT2D eigenvalue weighted by molar-refractivity contribution is -0.139. The maximum Gasteiger partial charge on any atom is 0.411 e. The molecule has 1 saturated heterocycles. The topological polar surface area (TPSA) is 79.7 Å². The summed E-state index contributed by atoms with van der Waals surface area (Å²) in [5.41, 5.74) is 3.55. The summed E-state index contributed by atoms with van der Waals surface area (Å²) in [6.07, 6.45) is 1.65. The number of hydrogen-bond acceptors (Lipinski definition) is 4. The fraction of sp³-hybridized carbons (Fsp3) is 0.296. The Morgan fingerprint density at radius 3 is 2.47 bits per heavy atom. The number of aryl methyl sites for hydroxylation is 1. The van der Waals surface area contributed by atoms with Crippen LogP contribution in [-0.2, 0) is 15.1 Å². The zero-order chi connectivity index (χ0) is 24.3. The van der Waals surface area contributed by atoms with Crippen molar-refractivity contribution >= 4 is 12.1 Å². The van der Waals surface area contributed by atoms with Crippen LogP contribution in [0.3, 0.4) is 0 Å². The largest absolute Gasteiger partial charge is 0.481 e. The Balaban J connectivity index is 1.52. The Kier molecular flexibility index (Phi) is 6.63. The highest BCUT2D eigenvalue weighted by Crippen LogP contribution is 2.40. The van der Waals surface area contributed by atoms with E-state index in [1.54, 1.807) is 23.2 Å². The van der Waals surface area contributed by atoms with Gasteiger partial charge in [0, 0.05) is 37.7 Å². The molecule has 2 atom stereocenters. The Bertz CT molecular complexity index is 1180. The van der Waals surface area contributed by atoms with E-state index in [-0.39, 0.29) is 18.9 Å². The first-order chi connectivity index (χ1) is 16.3. The van der Waals surface area contributed by atoms with E-state index in [9.17, 15) is 19.1 Å². The van der Waals surface area contributed by atoms with E-state index < -0.39 is 23.5 Å². The standard InChI is InChI=1S/C27H27FN2O4/c1-18-17-22(12-15-29-18)21-5-3-20(4-6-21)19(2)30-16-14-27(34-26(30)33,13-11-25(31)32)23-7-9-24(28)10-8-23/h3-10,12,15,17,19H,11,13-14,16H2,1-2H3,(H,31,32)/t19-,27-/m0/s1. The normalized spacial score (nSPS) is 18.9. The Labute approximate surface area is 198 Å². The van der Waals surface area contributed by atoms with Gasteiger partial charge in [-0.05, 0) is 60.4 Å². The number of hydrogen-bond donors (Lipinski definition) is 1. The van der Waals surface area contributed by atoms with Gasteiger partial charge in [-0.25, -0.2) is 9.18 Å². The molecule has 3 aromatic rings. The summed E-state index contributed by atoms with van der Waals surface area (Å²) in [6.45, 7) is 4.28. The van der Waals surface area contributed by atoms with Gasteiger partial charge in [0.25, 0.3) is 0 Å². The van der Waals surface area contributed by atoms with Crippen molar-refractivity contribution in [3.8, 4) is 11.1 Å². The van der Waals surface area contributed by atoms with Crippen LogP contribution >= 0.6 is 0 Å². The molecule has 2 heterocycles. The van der Waals surface area contributed by atoms with Crippen molar-refractivity contribution in [2.45, 2.75) is 44.8 Å². The van der Waals surface area contributed by atoms with E-state index in [0.29, 0.717) is 18.5 Å². The van der Waals surface area contributed by atoms with Gasteiger partial charge in [-0.1, -0.05) is 36.4 Å². The summed E-state index contributed by atoms with van der Waals surface area (Å²) in [4.78, 5) is 30.2. The quantitative estimate of drug-likeness (QED) is 0.476. The molecule has 1 N–H and O–H groups in total. The molecule has 2 aromatic carbocycles. The summed E-state index contributed by atoms with van der Waals surface area (Å²) < 4.78 is 19.4. The second-order valence-corrected chi connectivity index (χ2v) is 8.69. The number of amides is 1. The lowest BCUT2D eigenvalue weighted by Crippen LogP contribution is -2.49. The molecule has 0 unspecified atom stereocenters. The van der Waals surface area contributed by atoms with Gasteiger partial charge in [0.1, 0.15) is 11.4 Å². The molecule has 1 aliphatic rings. The van der Waals surface area contributed by atoms with Crippen molar-refractivity contribution in [2.75, 3.05) is 6.54 Å². The smallest absolute Gasteiger partial charge is 0.411 e. The van der Waals surface area contributed by atoms with Crippen LogP contribution in [0.4, 0.5) is 9.18 Å². The third-order valence-corrected chi connectivity index (χ3v) is 6.48. The fourth-order valence-electron chi connectivity index (χ4n) is 4.47. The molecule has 0 radical (unpaired) electrons. The summed E-state index contributed by atoms with van der Waals surface area (Å²) in [5, 5.41) is 9.21. The van der Waals surface area contributed by atoms with Crippen molar-refractivity contribution in [2.24, 2.45) is 0 Å². The molecular weight excluding hydrogens is 435 g/mol. The Hall–Kier alpha value is -3.74. The molecule has 4 rings (SSSR count). The maximum absolute atomic E-state index is 13.5. The van der Waals surface area contributed by atoms with Gasteiger partial charge in [-0.15, -0.1) is 0 Å². The van der Waals surface area contributed by atoms with Crippen LogP contribution in [0.25, 0.3) is 11.1 Å². The monoisotopic (exact) mass is 462 g/mol. The van der Waals surface area contributed by atoms with Crippen molar-refractivity contribution in [1.29, 1.82) is 0 Å². The number of rotatable bonds is 7. The molecule has 1 fully saturated rings. The average Bonchev–Trinajstić information content (AvgIpc) is 2.83. The minimum Gasteiger partial charge on any atom is -0.481 e. The zero-order valence-electron chi connectivity index (χ0n) is 19.2. The molecule has 1 aliphatic heterocycles. The molecule has 7 heteroatoms. The van der Waals surface area contributed by atoms with Crippen LogP contribution in [0.15, 0.2) is 66.9 Å². The van der Waals surface area contributed by atoms with Gasteiger partial charge in [0.2, 0.25) is 0 Å². The van der Waals surface area contributed by atoms with E-state index in [4.69, 9.17) is 4.74 Å². The minimum atomic E-state index is -1.09. The van der Waals surface area contributed by atoms with Crippen LogP contribution in [0.2, 0.25) is 0 Å². The molecule has 0 bridgehead atoms. The highest BCUT2D eigenvalue weighted by Gasteiger charge is 2.43. The van der Waals surface area contributed by atoms with Crippen molar-refractivity contribution in [3.05, 3.63) is 89.5 Å². The lowest BCUT2D eigenvalue weighted by Gasteiger charge is -2.43. The third-order valence-electron chi connectivity index (χ3n) is 6.48. The second-order valence-electron chi connectivity index (χ2n) is 8.69. The summed E-state index contributed by atoms with van der Waals surface area (Å²) in [6, 6.07) is 17.5. The number of ether oxygens (including phenoxy) is 1. The van der Waals surface area contributed by atoms with Crippen LogP contribution in [0.1, 0.15) is 49.0 Å². The number of cyclic esters (lactones) is 1. The molecule has 6 nitrogen and oxygen atoms in total. The Morgan fingerprint density at radius 1 is 1.15 bits per heavy atom. The average molecular weight is 463 g/mol. The van der Waals surface area contributed by atoms with Crippen LogP contribution < -0.4 is 0 Å². The van der Waals surface area contributed by atoms with Gasteiger partial charge in [-0.3, -0.25) is 9.78 Å². The van der Waals surface area contributed by atoms with Gasteiger partial charge in [0.15, 0.2) is 0 Å². The predicted octanol–water partition coefficient (Wildman–Crippen LogP) is 5.86. The highest BCUT2D eigenvalue weighted by molar-refractivity contribution is 5.71. The van der Waals surface area contributed by atoms with E-state index in [1.807, 2.05) is 50.2 Å². The Morgan fingerprint density at radius 2 is 1.85 bits per heavy atom. The number of carbonyl (C=O) groups excluding carboxylic acids is 1. The van der Waals surface area contributed by atoms with Crippen LogP contribution in [-0.4, -0.2) is 33.6 Å². The fourth-order valence-corrected chi connectivity index (χ4v) is 4.47. The van der Waals surface area contributed by atoms with Gasteiger partial charge in [-0.2, -0.15) is 0 Å². The first-order valence-corrected chi connectivity index (χ1v) is 11.3. The first-order valence-electron chi connectivity index (χ1n) is 11.3.